The van der Waals surface area contributed by atoms with Crippen LogP contribution in [0.4, 0.5) is 5.82 Å². The molecular weight excluding hydrogens is 384 g/mol. The molecule has 4 aromatic heterocycles. The second kappa shape index (κ2) is 6.82. The van der Waals surface area contributed by atoms with Gasteiger partial charge in [-0.1, -0.05) is 12.1 Å². The summed E-state index contributed by atoms with van der Waals surface area (Å²) in [6.07, 6.45) is 3.15. The van der Waals surface area contributed by atoms with Crippen LogP contribution in [-0.4, -0.2) is 32.3 Å². The molecule has 9 heteroatoms. The number of pyridine rings is 1. The molecule has 30 heavy (non-hydrogen) atoms. The number of anilines is 1. The zero-order valence-electron chi connectivity index (χ0n) is 16.3. The lowest BCUT2D eigenvalue weighted by atomic mass is 10.00. The van der Waals surface area contributed by atoms with E-state index >= 15 is 0 Å². The summed E-state index contributed by atoms with van der Waals surface area (Å²) in [6, 6.07) is 9.61. The highest BCUT2D eigenvalue weighted by Gasteiger charge is 2.22. The first-order valence-corrected chi connectivity index (χ1v) is 9.29. The summed E-state index contributed by atoms with van der Waals surface area (Å²) in [5, 5.41) is 3.04. The minimum absolute atomic E-state index is 0.220. The van der Waals surface area contributed by atoms with Gasteiger partial charge >= 0.3 is 0 Å². The number of hydrogen-bond acceptors (Lipinski definition) is 8. The first kappa shape index (κ1) is 18.1. The molecule has 1 aromatic carbocycles. The molecule has 3 N–H and O–H groups in total. The van der Waals surface area contributed by atoms with Crippen molar-refractivity contribution >= 4 is 33.9 Å². The molecule has 9 nitrogen and oxygen atoms in total. The first-order valence-electron chi connectivity index (χ1n) is 9.29. The van der Waals surface area contributed by atoms with E-state index in [0.717, 1.165) is 5.52 Å². The predicted molar refractivity (Wildman–Crippen MR) is 111 cm³/mol. The Kier molecular flexibility index (Phi) is 4.11. The lowest BCUT2D eigenvalue weighted by Crippen LogP contribution is -2.21. The quantitative estimate of drug-likeness (QED) is 0.429. The average Bonchev–Trinajstić information content (AvgIpc) is 3.51. The third-order valence-corrected chi connectivity index (χ3v) is 4.98. The Morgan fingerprint density at radius 2 is 2.07 bits per heavy atom. The molecule has 150 valence electrons. The topological polar surface area (TPSA) is 125 Å². The van der Waals surface area contributed by atoms with Gasteiger partial charge in [0, 0.05) is 19.7 Å². The fourth-order valence-electron chi connectivity index (χ4n) is 3.47. The molecule has 0 aliphatic heterocycles. The normalized spacial score (nSPS) is 12.5. The molecule has 0 spiro atoms. The van der Waals surface area contributed by atoms with E-state index in [9.17, 15) is 4.79 Å². The lowest BCUT2D eigenvalue weighted by molar-refractivity contribution is 0.0934. The third-order valence-electron chi connectivity index (χ3n) is 4.98. The molecule has 0 amide bonds. The van der Waals surface area contributed by atoms with Crippen LogP contribution in [0, 0.1) is 0 Å². The molecule has 4 heterocycles. The number of carbonyl (C=O) groups is 1. The van der Waals surface area contributed by atoms with Gasteiger partial charge in [0.1, 0.15) is 11.0 Å². The van der Waals surface area contributed by atoms with Crippen LogP contribution < -0.4 is 11.1 Å². The fraction of sp³-hybridized carbons (Fsp3) is 0.143. The van der Waals surface area contributed by atoms with Gasteiger partial charge in [0.2, 0.25) is 11.7 Å². The highest BCUT2D eigenvalue weighted by atomic mass is 16.4. The van der Waals surface area contributed by atoms with Crippen LogP contribution in [0.25, 0.3) is 33.7 Å². The van der Waals surface area contributed by atoms with Crippen molar-refractivity contribution in [3.8, 4) is 11.5 Å². The highest BCUT2D eigenvalue weighted by Crippen LogP contribution is 2.32. The van der Waals surface area contributed by atoms with Crippen molar-refractivity contribution in [2.45, 2.75) is 6.04 Å². The Morgan fingerprint density at radius 1 is 1.20 bits per heavy atom. The summed E-state index contributed by atoms with van der Waals surface area (Å²) in [7, 11) is 3.67. The number of nitrogens with zero attached hydrogens (tertiary/aromatic N) is 4. The maximum Gasteiger partial charge on any atom is 0.251 e. The molecule has 5 aromatic rings. The van der Waals surface area contributed by atoms with Crippen LogP contribution in [0.15, 0.2) is 57.8 Å². The van der Waals surface area contributed by atoms with E-state index < -0.39 is 6.04 Å². The minimum Gasteiger partial charge on any atom is -0.461 e. The van der Waals surface area contributed by atoms with Crippen molar-refractivity contribution in [1.82, 2.24) is 19.5 Å². The van der Waals surface area contributed by atoms with Gasteiger partial charge in [0.25, 0.3) is 5.71 Å². The van der Waals surface area contributed by atoms with E-state index in [-0.39, 0.29) is 11.5 Å². The number of rotatable bonds is 5. The van der Waals surface area contributed by atoms with E-state index in [2.05, 4.69) is 20.3 Å². The van der Waals surface area contributed by atoms with Gasteiger partial charge in [-0.25, -0.2) is 9.97 Å². The number of aromatic nitrogens is 4. The van der Waals surface area contributed by atoms with Crippen molar-refractivity contribution in [3.63, 3.8) is 0 Å². The largest absolute Gasteiger partial charge is 0.461 e. The van der Waals surface area contributed by atoms with Crippen molar-refractivity contribution in [2.24, 2.45) is 12.8 Å². The summed E-state index contributed by atoms with van der Waals surface area (Å²) >= 11 is 0. The number of aryl methyl sites for hydroxylation is 1. The van der Waals surface area contributed by atoms with Crippen LogP contribution in [0.3, 0.4) is 0 Å². The van der Waals surface area contributed by atoms with Crippen molar-refractivity contribution in [1.29, 1.82) is 0 Å². The summed E-state index contributed by atoms with van der Waals surface area (Å²) < 4.78 is 13.0. The molecule has 1 unspecified atom stereocenters. The molecule has 0 radical (unpaired) electrons. The zero-order chi connectivity index (χ0) is 20.8. The molecule has 1 atom stereocenters. The molecule has 0 fully saturated rings. The van der Waals surface area contributed by atoms with Crippen LogP contribution in [0.2, 0.25) is 0 Å². The number of nitrogens with one attached hydrogen (secondary N) is 1. The van der Waals surface area contributed by atoms with Crippen LogP contribution in [-0.2, 0) is 7.05 Å². The number of Topliss-reactive ketones (excluding diaryl/α,β-unsaturated/α-hetero) is 1. The average molecular weight is 402 g/mol. The monoisotopic (exact) mass is 402 g/mol. The van der Waals surface area contributed by atoms with Gasteiger partial charge in [-0.2, -0.15) is 4.98 Å². The number of hydrogen-bond donors (Lipinski definition) is 2. The molecule has 0 saturated heterocycles. The van der Waals surface area contributed by atoms with E-state index in [1.165, 1.54) is 6.26 Å². The Bertz CT molecular complexity index is 1380. The van der Waals surface area contributed by atoms with Gasteiger partial charge < -0.3 is 24.5 Å². The predicted octanol–water partition coefficient (Wildman–Crippen LogP) is 3.29. The maximum atomic E-state index is 12.5. The van der Waals surface area contributed by atoms with Crippen LogP contribution in [0.1, 0.15) is 22.2 Å². The lowest BCUT2D eigenvalue weighted by Gasteiger charge is -2.10. The zero-order valence-corrected chi connectivity index (χ0v) is 16.3. The SMILES string of the molecule is CNc1nc2oc(-c3cccc(C(N)C(=O)c4ccco4)c3)nc2c2c1ncn2C. The summed E-state index contributed by atoms with van der Waals surface area (Å²) in [6.45, 7) is 0. The minimum atomic E-state index is -0.863. The highest BCUT2D eigenvalue weighted by molar-refractivity contribution is 6.03. The Morgan fingerprint density at radius 3 is 2.83 bits per heavy atom. The smallest absolute Gasteiger partial charge is 0.251 e. The second-order valence-electron chi connectivity index (χ2n) is 6.88. The van der Waals surface area contributed by atoms with Crippen LogP contribution >= 0.6 is 0 Å². The number of fused-ring (bicyclic) bond motifs is 3. The number of ketones is 1. The molecule has 0 aliphatic rings. The fourth-order valence-corrected chi connectivity index (χ4v) is 3.47. The van der Waals surface area contributed by atoms with E-state index in [0.29, 0.717) is 39.6 Å². The number of oxazole rings is 1. The Hall–Kier alpha value is -3.98. The number of furan rings is 1. The summed E-state index contributed by atoms with van der Waals surface area (Å²) in [4.78, 5) is 26.1. The number of nitrogens with two attached hydrogens (primary N) is 1. The van der Waals surface area contributed by atoms with Crippen molar-refractivity contribution in [3.05, 3.63) is 60.3 Å². The molecule has 0 bridgehead atoms. The van der Waals surface area contributed by atoms with E-state index in [1.807, 2.05) is 17.7 Å². The van der Waals surface area contributed by atoms with Gasteiger partial charge in [-0.15, -0.1) is 0 Å². The Balaban J connectivity index is 1.59. The standard InChI is InChI=1S/C21H18N6O3/c1-23-19-15-17(27(2)10-24-15)16-21(26-19)30-20(25-16)12-6-3-5-11(9-12)14(22)18(28)13-7-4-8-29-13/h3-10,14H,22H2,1-2H3,(H,23,26). The Labute approximate surface area is 170 Å². The first-order chi connectivity index (χ1) is 14.6. The third kappa shape index (κ3) is 2.75. The summed E-state index contributed by atoms with van der Waals surface area (Å²) in [5.74, 6) is 0.914. The number of carbonyl (C=O) groups excluding carboxylic acids is 1. The maximum absolute atomic E-state index is 12.5. The molecule has 5 rings (SSSR count). The second-order valence-corrected chi connectivity index (χ2v) is 6.88. The molecule has 0 aliphatic carbocycles. The van der Waals surface area contributed by atoms with E-state index in [1.54, 1.807) is 43.7 Å². The van der Waals surface area contributed by atoms with Gasteiger partial charge in [-0.05, 0) is 29.8 Å². The van der Waals surface area contributed by atoms with Crippen molar-refractivity contribution in [2.75, 3.05) is 12.4 Å². The number of benzene rings is 1. The van der Waals surface area contributed by atoms with Gasteiger partial charge in [-0.3, -0.25) is 4.79 Å². The van der Waals surface area contributed by atoms with Gasteiger partial charge in [0.05, 0.1) is 18.6 Å². The van der Waals surface area contributed by atoms with Gasteiger partial charge in [0.15, 0.2) is 17.1 Å². The summed E-state index contributed by atoms with van der Waals surface area (Å²) in [5.41, 5.74) is 10.0. The van der Waals surface area contributed by atoms with Crippen molar-refractivity contribution < 1.29 is 13.6 Å². The van der Waals surface area contributed by atoms with E-state index in [4.69, 9.17) is 14.6 Å². The number of imidazole rings is 1. The molecule has 0 saturated carbocycles. The molecular formula is C21H18N6O3. The van der Waals surface area contributed by atoms with Crippen LogP contribution in [0.5, 0.6) is 0 Å².